The first kappa shape index (κ1) is 14.6. The number of nitrogens with zero attached hydrogens (tertiary/aromatic N) is 1. The number of carbonyl (C=O) groups excluding carboxylic acids is 1. The zero-order chi connectivity index (χ0) is 13.9. The van der Waals surface area contributed by atoms with E-state index in [4.69, 9.17) is 0 Å². The summed E-state index contributed by atoms with van der Waals surface area (Å²) < 4.78 is 13.5. The number of benzene rings is 1. The maximum absolute atomic E-state index is 13.4. The molecule has 0 spiro atoms. The van der Waals surface area contributed by atoms with Gasteiger partial charge in [0.15, 0.2) is 0 Å². The predicted molar refractivity (Wildman–Crippen MR) is 72.9 cm³/mol. The Balaban J connectivity index is 3.11. The summed E-state index contributed by atoms with van der Waals surface area (Å²) in [6.07, 6.45) is 0. The highest BCUT2D eigenvalue weighted by atomic mass is 127. The number of likely N-dealkylation sites (N-methyl/N-ethyl adjacent to an activating group) is 1. The molecule has 2 N–H and O–H groups in total. The van der Waals surface area contributed by atoms with Gasteiger partial charge in [0.2, 0.25) is 5.91 Å². The number of amides is 1. The Morgan fingerprint density at radius 2 is 2.17 bits per heavy atom. The van der Waals surface area contributed by atoms with Crippen LogP contribution in [0.1, 0.15) is 6.92 Å². The zero-order valence-corrected chi connectivity index (χ0v) is 11.8. The number of nitro groups is 1. The first-order valence-electron chi connectivity index (χ1n) is 4.98. The molecule has 1 amide bonds. The minimum atomic E-state index is -0.701. The van der Waals surface area contributed by atoms with Gasteiger partial charge >= 0.3 is 0 Å². The molecule has 0 aromatic heterocycles. The van der Waals surface area contributed by atoms with Crippen molar-refractivity contribution in [3.63, 3.8) is 0 Å². The molecule has 1 aromatic rings. The van der Waals surface area contributed by atoms with Gasteiger partial charge in [-0.25, -0.2) is 4.39 Å². The molecule has 8 heteroatoms. The number of nitro benzene ring substituents is 1. The lowest BCUT2D eigenvalue weighted by molar-refractivity contribution is -0.384. The highest BCUT2D eigenvalue weighted by molar-refractivity contribution is 14.1. The molecule has 1 aromatic carbocycles. The van der Waals surface area contributed by atoms with E-state index in [0.29, 0.717) is 0 Å². The van der Waals surface area contributed by atoms with Crippen molar-refractivity contribution in [2.24, 2.45) is 0 Å². The lowest BCUT2D eigenvalue weighted by Gasteiger charge is -2.14. The molecule has 18 heavy (non-hydrogen) atoms. The molecule has 0 saturated heterocycles. The van der Waals surface area contributed by atoms with Crippen LogP contribution in [0.15, 0.2) is 12.1 Å². The Morgan fingerprint density at radius 3 is 2.67 bits per heavy atom. The second kappa shape index (κ2) is 5.94. The van der Waals surface area contributed by atoms with Gasteiger partial charge in [0.1, 0.15) is 17.5 Å². The Labute approximate surface area is 116 Å². The molecular weight excluding hydrogens is 356 g/mol. The van der Waals surface area contributed by atoms with Crippen LogP contribution in [0.3, 0.4) is 0 Å². The van der Waals surface area contributed by atoms with Gasteiger partial charge in [0, 0.05) is 19.2 Å². The molecule has 6 nitrogen and oxygen atoms in total. The Kier molecular flexibility index (Phi) is 4.82. The molecule has 1 unspecified atom stereocenters. The van der Waals surface area contributed by atoms with Gasteiger partial charge in [-0.2, -0.15) is 0 Å². The van der Waals surface area contributed by atoms with E-state index in [2.05, 4.69) is 10.6 Å². The summed E-state index contributed by atoms with van der Waals surface area (Å²) in [4.78, 5) is 21.5. The molecule has 0 aliphatic rings. The third-order valence-corrected chi connectivity index (χ3v) is 3.07. The van der Waals surface area contributed by atoms with Crippen molar-refractivity contribution in [2.75, 3.05) is 12.4 Å². The molecule has 0 heterocycles. The van der Waals surface area contributed by atoms with Crippen molar-refractivity contribution < 1.29 is 14.1 Å². The van der Waals surface area contributed by atoms with Gasteiger partial charge in [-0.1, -0.05) is 0 Å². The normalized spacial score (nSPS) is 11.8. The molecule has 0 aliphatic carbocycles. The fourth-order valence-electron chi connectivity index (χ4n) is 1.32. The standard InChI is InChI=1S/C10H11FIN3O3/c1-5(10(16)13-2)14-8-3-6(11)7(12)4-9(8)15(17)18/h3-5,14H,1-2H3,(H,13,16). The van der Waals surface area contributed by atoms with Crippen molar-refractivity contribution in [1.82, 2.24) is 5.32 Å². The van der Waals surface area contributed by atoms with Crippen LogP contribution in [-0.2, 0) is 4.79 Å². The van der Waals surface area contributed by atoms with Crippen molar-refractivity contribution >= 4 is 39.9 Å². The maximum atomic E-state index is 13.4. The van der Waals surface area contributed by atoms with Crippen LogP contribution in [0.25, 0.3) is 0 Å². The number of anilines is 1. The van der Waals surface area contributed by atoms with E-state index in [0.717, 1.165) is 12.1 Å². The minimum absolute atomic E-state index is 0.0194. The minimum Gasteiger partial charge on any atom is -0.368 e. The number of nitrogens with one attached hydrogen (secondary N) is 2. The molecular formula is C10H11FIN3O3. The van der Waals surface area contributed by atoms with E-state index in [1.54, 1.807) is 22.6 Å². The maximum Gasteiger partial charge on any atom is 0.293 e. The fraction of sp³-hybridized carbons (Fsp3) is 0.300. The molecule has 1 atom stereocenters. The summed E-state index contributed by atoms with van der Waals surface area (Å²) >= 11 is 1.67. The largest absolute Gasteiger partial charge is 0.368 e. The molecule has 1 rings (SSSR count). The monoisotopic (exact) mass is 367 g/mol. The molecule has 0 fully saturated rings. The Hall–Kier alpha value is -1.45. The molecule has 0 aliphatic heterocycles. The highest BCUT2D eigenvalue weighted by Crippen LogP contribution is 2.29. The third kappa shape index (κ3) is 3.28. The van der Waals surface area contributed by atoms with Crippen LogP contribution in [0.5, 0.6) is 0 Å². The zero-order valence-electron chi connectivity index (χ0n) is 9.66. The van der Waals surface area contributed by atoms with Crippen molar-refractivity contribution in [1.29, 1.82) is 0 Å². The summed E-state index contributed by atoms with van der Waals surface area (Å²) in [6.45, 7) is 1.53. The smallest absolute Gasteiger partial charge is 0.293 e. The quantitative estimate of drug-likeness (QED) is 0.484. The van der Waals surface area contributed by atoms with Crippen LogP contribution < -0.4 is 10.6 Å². The van der Waals surface area contributed by atoms with Crippen LogP contribution in [0.2, 0.25) is 0 Å². The fourth-order valence-corrected chi connectivity index (χ4v) is 1.77. The lowest BCUT2D eigenvalue weighted by Crippen LogP contribution is -2.35. The number of hydrogen-bond acceptors (Lipinski definition) is 4. The van der Waals surface area contributed by atoms with Crippen LogP contribution in [0.4, 0.5) is 15.8 Å². The summed E-state index contributed by atoms with van der Waals surface area (Å²) in [5.41, 5.74) is -0.287. The van der Waals surface area contributed by atoms with Gasteiger partial charge < -0.3 is 10.6 Å². The number of carbonyl (C=O) groups is 1. The van der Waals surface area contributed by atoms with Crippen molar-refractivity contribution in [2.45, 2.75) is 13.0 Å². The number of rotatable bonds is 4. The van der Waals surface area contributed by atoms with E-state index in [1.165, 1.54) is 14.0 Å². The van der Waals surface area contributed by atoms with Gasteiger partial charge in [-0.05, 0) is 29.5 Å². The molecule has 98 valence electrons. The van der Waals surface area contributed by atoms with Crippen molar-refractivity contribution in [3.05, 3.63) is 31.6 Å². The Morgan fingerprint density at radius 1 is 1.56 bits per heavy atom. The van der Waals surface area contributed by atoms with Gasteiger partial charge in [0.05, 0.1) is 8.49 Å². The van der Waals surface area contributed by atoms with Crippen LogP contribution in [0, 0.1) is 19.5 Å². The molecule has 0 bridgehead atoms. The first-order valence-corrected chi connectivity index (χ1v) is 6.06. The van der Waals surface area contributed by atoms with E-state index in [1.807, 2.05) is 0 Å². The van der Waals surface area contributed by atoms with Crippen molar-refractivity contribution in [3.8, 4) is 0 Å². The van der Waals surface area contributed by atoms with Gasteiger partial charge in [-0.15, -0.1) is 0 Å². The summed E-state index contributed by atoms with van der Waals surface area (Å²) in [5, 5.41) is 15.9. The molecule has 0 saturated carbocycles. The second-order valence-corrected chi connectivity index (χ2v) is 4.68. The second-order valence-electron chi connectivity index (χ2n) is 3.52. The van der Waals surface area contributed by atoms with Gasteiger partial charge in [-0.3, -0.25) is 14.9 Å². The number of halogens is 2. The lowest BCUT2D eigenvalue weighted by atomic mass is 10.2. The average Bonchev–Trinajstić information content (AvgIpc) is 2.31. The number of hydrogen-bond donors (Lipinski definition) is 2. The highest BCUT2D eigenvalue weighted by Gasteiger charge is 2.20. The van der Waals surface area contributed by atoms with E-state index in [9.17, 15) is 19.3 Å². The summed E-state index contributed by atoms with van der Waals surface area (Å²) in [5.74, 6) is -0.920. The average molecular weight is 367 g/mol. The van der Waals surface area contributed by atoms with E-state index < -0.39 is 16.8 Å². The third-order valence-electron chi connectivity index (χ3n) is 2.25. The van der Waals surface area contributed by atoms with Crippen LogP contribution in [-0.4, -0.2) is 23.9 Å². The summed E-state index contributed by atoms with van der Waals surface area (Å²) in [7, 11) is 1.45. The van der Waals surface area contributed by atoms with Crippen LogP contribution >= 0.6 is 22.6 Å². The topological polar surface area (TPSA) is 84.3 Å². The Bertz CT molecular complexity index is 496. The summed E-state index contributed by atoms with van der Waals surface area (Å²) in [6, 6.07) is 1.43. The SMILES string of the molecule is CNC(=O)C(C)Nc1cc(F)c(I)cc1[N+](=O)[O-]. The molecule has 0 radical (unpaired) electrons. The predicted octanol–water partition coefficient (Wildman–Crippen LogP) is 1.88. The first-order chi connectivity index (χ1) is 8.36. The van der Waals surface area contributed by atoms with E-state index in [-0.39, 0.29) is 20.9 Å². The van der Waals surface area contributed by atoms with E-state index >= 15 is 0 Å². The van der Waals surface area contributed by atoms with Gasteiger partial charge in [0.25, 0.3) is 5.69 Å².